The molecular weight excluding hydrogens is 372 g/mol. The minimum atomic E-state index is -0.264. The summed E-state index contributed by atoms with van der Waals surface area (Å²) in [5, 5.41) is 8.30. The van der Waals surface area contributed by atoms with Crippen LogP contribution in [0.1, 0.15) is 45.3 Å². The van der Waals surface area contributed by atoms with Crippen LogP contribution in [0.25, 0.3) is 0 Å². The highest BCUT2D eigenvalue weighted by Gasteiger charge is 2.13. The monoisotopic (exact) mass is 396 g/mol. The van der Waals surface area contributed by atoms with Crippen LogP contribution >= 0.6 is 23.7 Å². The Labute approximate surface area is 164 Å². The van der Waals surface area contributed by atoms with E-state index in [0.29, 0.717) is 42.4 Å². The zero-order valence-electron chi connectivity index (χ0n) is 15.2. The van der Waals surface area contributed by atoms with Crippen molar-refractivity contribution in [2.24, 2.45) is 11.7 Å². The van der Waals surface area contributed by atoms with Crippen molar-refractivity contribution in [2.75, 3.05) is 18.4 Å². The van der Waals surface area contributed by atoms with E-state index in [4.69, 9.17) is 5.73 Å². The summed E-state index contributed by atoms with van der Waals surface area (Å²) >= 11 is 1.43. The molecule has 0 saturated carbocycles. The molecule has 0 spiro atoms. The second kappa shape index (κ2) is 10.3. The SMILES string of the molecule is Cc1cc(C(=O)NCC(C)C)ccc1NC(=O)c1csc(CCN)n1.Cl. The number of halogens is 1. The molecule has 0 saturated heterocycles. The first-order valence-electron chi connectivity index (χ1n) is 8.25. The third-order valence-corrected chi connectivity index (χ3v) is 4.46. The summed E-state index contributed by atoms with van der Waals surface area (Å²) in [5.41, 5.74) is 7.95. The molecule has 1 aromatic heterocycles. The van der Waals surface area contributed by atoms with E-state index < -0.39 is 0 Å². The van der Waals surface area contributed by atoms with Gasteiger partial charge in [0.25, 0.3) is 11.8 Å². The van der Waals surface area contributed by atoms with Crippen LogP contribution in [0.4, 0.5) is 5.69 Å². The molecule has 1 heterocycles. The number of benzene rings is 1. The number of thiazole rings is 1. The maximum Gasteiger partial charge on any atom is 0.275 e. The van der Waals surface area contributed by atoms with Crippen LogP contribution in [0.15, 0.2) is 23.6 Å². The van der Waals surface area contributed by atoms with Gasteiger partial charge in [-0.05, 0) is 43.1 Å². The summed E-state index contributed by atoms with van der Waals surface area (Å²) in [6.45, 7) is 7.08. The van der Waals surface area contributed by atoms with Gasteiger partial charge in [-0.15, -0.1) is 23.7 Å². The van der Waals surface area contributed by atoms with Crippen molar-refractivity contribution in [3.63, 3.8) is 0 Å². The van der Waals surface area contributed by atoms with Crippen LogP contribution in [0.5, 0.6) is 0 Å². The molecule has 0 fully saturated rings. The van der Waals surface area contributed by atoms with E-state index in [0.717, 1.165) is 10.6 Å². The van der Waals surface area contributed by atoms with Gasteiger partial charge in [0.05, 0.1) is 5.01 Å². The fourth-order valence-corrected chi connectivity index (χ4v) is 2.98. The molecule has 142 valence electrons. The van der Waals surface area contributed by atoms with Crippen molar-refractivity contribution in [1.82, 2.24) is 10.3 Å². The number of amides is 2. The van der Waals surface area contributed by atoms with E-state index in [9.17, 15) is 9.59 Å². The van der Waals surface area contributed by atoms with Crippen molar-refractivity contribution >= 4 is 41.2 Å². The maximum atomic E-state index is 12.3. The standard InChI is InChI=1S/C18H24N4O2S.ClH/c1-11(2)9-20-17(23)13-4-5-14(12(3)8-13)22-18(24)15-10-25-16(21-15)6-7-19;/h4-5,8,10-11H,6-7,9,19H2,1-3H3,(H,20,23)(H,22,24);1H. The van der Waals surface area contributed by atoms with Crippen molar-refractivity contribution in [2.45, 2.75) is 27.2 Å². The lowest BCUT2D eigenvalue weighted by Gasteiger charge is -2.11. The van der Waals surface area contributed by atoms with Crippen LogP contribution in [0.2, 0.25) is 0 Å². The number of nitrogens with zero attached hydrogens (tertiary/aromatic N) is 1. The van der Waals surface area contributed by atoms with Gasteiger partial charge in [-0.2, -0.15) is 0 Å². The van der Waals surface area contributed by atoms with Gasteiger partial charge in [0, 0.05) is 29.6 Å². The van der Waals surface area contributed by atoms with E-state index in [-0.39, 0.29) is 24.2 Å². The summed E-state index contributed by atoms with van der Waals surface area (Å²) in [6, 6.07) is 5.22. The van der Waals surface area contributed by atoms with Crippen LogP contribution in [-0.2, 0) is 6.42 Å². The average Bonchev–Trinajstić information content (AvgIpc) is 3.03. The number of nitrogens with one attached hydrogen (secondary N) is 2. The molecule has 4 N–H and O–H groups in total. The van der Waals surface area contributed by atoms with Gasteiger partial charge in [0.1, 0.15) is 5.69 Å². The first-order chi connectivity index (χ1) is 11.9. The predicted molar refractivity (Wildman–Crippen MR) is 108 cm³/mol. The minimum Gasteiger partial charge on any atom is -0.352 e. The number of aryl methyl sites for hydroxylation is 1. The molecule has 2 aromatic rings. The molecule has 0 radical (unpaired) electrons. The third kappa shape index (κ3) is 6.09. The number of nitrogens with two attached hydrogens (primary N) is 1. The van der Waals surface area contributed by atoms with Gasteiger partial charge in [-0.3, -0.25) is 9.59 Å². The van der Waals surface area contributed by atoms with Crippen molar-refractivity contribution in [3.05, 3.63) is 45.4 Å². The quantitative estimate of drug-likeness (QED) is 0.670. The Morgan fingerprint density at radius 2 is 2.00 bits per heavy atom. The third-order valence-electron chi connectivity index (χ3n) is 3.55. The number of carbonyl (C=O) groups is 2. The molecule has 6 nitrogen and oxygen atoms in total. The molecular formula is C18H25ClN4O2S. The van der Waals surface area contributed by atoms with E-state index in [1.54, 1.807) is 23.6 Å². The molecule has 0 atom stereocenters. The van der Waals surface area contributed by atoms with Crippen LogP contribution in [0, 0.1) is 12.8 Å². The van der Waals surface area contributed by atoms with Gasteiger partial charge in [0.2, 0.25) is 0 Å². The average molecular weight is 397 g/mol. The summed E-state index contributed by atoms with van der Waals surface area (Å²) in [4.78, 5) is 28.7. The number of hydrogen-bond acceptors (Lipinski definition) is 5. The second-order valence-electron chi connectivity index (χ2n) is 6.25. The molecule has 0 aliphatic rings. The molecule has 0 aliphatic carbocycles. The zero-order valence-corrected chi connectivity index (χ0v) is 16.8. The lowest BCUT2D eigenvalue weighted by atomic mass is 10.1. The first kappa shape index (κ1) is 22.1. The molecule has 0 bridgehead atoms. The van der Waals surface area contributed by atoms with Crippen LogP contribution in [0.3, 0.4) is 0 Å². The summed E-state index contributed by atoms with van der Waals surface area (Å²) in [7, 11) is 0. The molecule has 2 amide bonds. The number of anilines is 1. The Hall–Kier alpha value is -1.96. The number of hydrogen-bond donors (Lipinski definition) is 3. The van der Waals surface area contributed by atoms with Crippen LogP contribution in [-0.4, -0.2) is 29.9 Å². The maximum absolute atomic E-state index is 12.3. The first-order valence-corrected chi connectivity index (χ1v) is 9.13. The minimum absolute atomic E-state index is 0. The molecule has 0 aliphatic heterocycles. The van der Waals surface area contributed by atoms with E-state index >= 15 is 0 Å². The van der Waals surface area contributed by atoms with Gasteiger partial charge in [-0.25, -0.2) is 4.98 Å². The second-order valence-corrected chi connectivity index (χ2v) is 7.20. The fourth-order valence-electron chi connectivity index (χ4n) is 2.18. The lowest BCUT2D eigenvalue weighted by molar-refractivity contribution is 0.0948. The Morgan fingerprint density at radius 1 is 1.27 bits per heavy atom. The van der Waals surface area contributed by atoms with E-state index in [1.807, 2.05) is 20.8 Å². The number of aromatic nitrogens is 1. The van der Waals surface area contributed by atoms with Gasteiger partial charge >= 0.3 is 0 Å². The number of carbonyl (C=O) groups excluding carboxylic acids is 2. The fraction of sp³-hybridized carbons (Fsp3) is 0.389. The topological polar surface area (TPSA) is 97.1 Å². The summed E-state index contributed by atoms with van der Waals surface area (Å²) in [5.74, 6) is 0.0196. The Kier molecular flexibility index (Phi) is 8.71. The molecule has 1 aromatic carbocycles. The summed E-state index contributed by atoms with van der Waals surface area (Å²) in [6.07, 6.45) is 0.664. The van der Waals surface area contributed by atoms with Crippen molar-refractivity contribution in [1.29, 1.82) is 0 Å². The van der Waals surface area contributed by atoms with Gasteiger partial charge < -0.3 is 16.4 Å². The Bertz CT molecular complexity index is 761. The molecule has 2 rings (SSSR count). The molecule has 8 heteroatoms. The zero-order chi connectivity index (χ0) is 18.4. The normalized spacial score (nSPS) is 10.3. The smallest absolute Gasteiger partial charge is 0.275 e. The summed E-state index contributed by atoms with van der Waals surface area (Å²) < 4.78 is 0. The van der Waals surface area contributed by atoms with Crippen molar-refractivity contribution in [3.8, 4) is 0 Å². The van der Waals surface area contributed by atoms with Crippen LogP contribution < -0.4 is 16.4 Å². The lowest BCUT2D eigenvalue weighted by Crippen LogP contribution is -2.27. The van der Waals surface area contributed by atoms with Gasteiger partial charge in [-0.1, -0.05) is 13.8 Å². The number of rotatable bonds is 7. The van der Waals surface area contributed by atoms with E-state index in [1.165, 1.54) is 11.3 Å². The highest BCUT2D eigenvalue weighted by atomic mass is 35.5. The highest BCUT2D eigenvalue weighted by molar-refractivity contribution is 7.09. The largest absolute Gasteiger partial charge is 0.352 e. The predicted octanol–water partition coefficient (Wildman–Crippen LogP) is 3.01. The van der Waals surface area contributed by atoms with E-state index in [2.05, 4.69) is 15.6 Å². The Balaban J connectivity index is 0.00000338. The Morgan fingerprint density at radius 3 is 2.62 bits per heavy atom. The van der Waals surface area contributed by atoms with Crippen molar-refractivity contribution < 1.29 is 9.59 Å². The molecule has 26 heavy (non-hydrogen) atoms. The highest BCUT2D eigenvalue weighted by Crippen LogP contribution is 2.18. The molecule has 0 unspecified atom stereocenters. The van der Waals surface area contributed by atoms with Gasteiger partial charge in [0.15, 0.2) is 0 Å².